The summed E-state index contributed by atoms with van der Waals surface area (Å²) >= 11 is 4.98. The first kappa shape index (κ1) is 23.1. The fraction of sp³-hybridized carbons (Fsp3) is 0.550. The van der Waals surface area contributed by atoms with E-state index in [4.69, 9.17) is 21.7 Å². The van der Waals surface area contributed by atoms with Crippen molar-refractivity contribution in [3.05, 3.63) is 23.8 Å². The minimum atomic E-state index is -0.776. The Morgan fingerprint density at radius 1 is 1.29 bits per heavy atom. The molecule has 170 valence electrons. The third-order valence-electron chi connectivity index (χ3n) is 5.28. The van der Waals surface area contributed by atoms with Crippen LogP contribution in [-0.2, 0) is 14.3 Å². The Morgan fingerprint density at radius 3 is 2.65 bits per heavy atom. The van der Waals surface area contributed by atoms with Crippen LogP contribution in [0.25, 0.3) is 0 Å². The van der Waals surface area contributed by atoms with Gasteiger partial charge in [0.2, 0.25) is 5.91 Å². The Balaban J connectivity index is 1.71. The van der Waals surface area contributed by atoms with Crippen molar-refractivity contribution < 1.29 is 27.8 Å². The number of anilines is 2. The van der Waals surface area contributed by atoms with E-state index < -0.39 is 23.8 Å². The lowest BCUT2D eigenvalue weighted by molar-refractivity contribution is -0.133. The standard InChI is InChI=1S/C20H26F2N4O4S/c1-3-17(27)26-9-8-24(7-6-23-26)19-15(21)10-13(11-16(19)22)25-12-14(30-20(25)28)4-5-18(31)29-2/h10-11,14,23H,3-9,12H2,1-2H3/t14-/m0/s1. The number of amides is 2. The number of hydrogen-bond acceptors (Lipinski definition) is 7. The van der Waals surface area contributed by atoms with Crippen LogP contribution >= 0.6 is 12.2 Å². The topological polar surface area (TPSA) is 74.4 Å². The Morgan fingerprint density at radius 2 is 2.00 bits per heavy atom. The largest absolute Gasteiger partial charge is 0.490 e. The number of hydrogen-bond donors (Lipinski definition) is 1. The molecule has 1 N–H and O–H groups in total. The number of thiocarbonyl (C=S) groups is 1. The van der Waals surface area contributed by atoms with E-state index in [2.05, 4.69) is 5.43 Å². The molecule has 0 radical (unpaired) electrons. The molecule has 0 aliphatic carbocycles. The van der Waals surface area contributed by atoms with E-state index >= 15 is 0 Å². The second-order valence-electron chi connectivity index (χ2n) is 7.28. The second-order valence-corrected chi connectivity index (χ2v) is 7.74. The van der Waals surface area contributed by atoms with Gasteiger partial charge >= 0.3 is 6.09 Å². The van der Waals surface area contributed by atoms with Crippen LogP contribution in [0, 0.1) is 11.6 Å². The number of cyclic esters (lactones) is 1. The number of nitrogens with zero attached hydrogens (tertiary/aromatic N) is 3. The van der Waals surface area contributed by atoms with E-state index in [1.165, 1.54) is 17.0 Å². The summed E-state index contributed by atoms with van der Waals surface area (Å²) in [7, 11) is 1.47. The summed E-state index contributed by atoms with van der Waals surface area (Å²) in [6, 6.07) is 2.27. The number of methoxy groups -OCH3 is 1. The van der Waals surface area contributed by atoms with E-state index in [0.717, 1.165) is 12.1 Å². The van der Waals surface area contributed by atoms with Crippen molar-refractivity contribution in [1.82, 2.24) is 10.4 Å². The van der Waals surface area contributed by atoms with Crippen molar-refractivity contribution in [2.24, 2.45) is 0 Å². The zero-order valence-corrected chi connectivity index (χ0v) is 18.3. The van der Waals surface area contributed by atoms with Crippen molar-refractivity contribution in [2.75, 3.05) is 49.6 Å². The first-order valence-electron chi connectivity index (χ1n) is 10.2. The molecular weight excluding hydrogens is 430 g/mol. The van der Waals surface area contributed by atoms with E-state index in [-0.39, 0.29) is 30.4 Å². The summed E-state index contributed by atoms with van der Waals surface area (Å²) < 4.78 is 40.1. The van der Waals surface area contributed by atoms with Gasteiger partial charge in [-0.15, -0.1) is 0 Å². The first-order chi connectivity index (χ1) is 14.8. The van der Waals surface area contributed by atoms with Crippen LogP contribution in [0.5, 0.6) is 0 Å². The zero-order chi connectivity index (χ0) is 22.5. The molecule has 2 saturated heterocycles. The highest BCUT2D eigenvalue weighted by Gasteiger charge is 2.34. The van der Waals surface area contributed by atoms with Gasteiger partial charge in [0, 0.05) is 44.6 Å². The van der Waals surface area contributed by atoms with Crippen LogP contribution in [-0.4, -0.2) is 68.0 Å². The molecule has 2 heterocycles. The molecule has 0 unspecified atom stereocenters. The summed E-state index contributed by atoms with van der Waals surface area (Å²) in [6.45, 7) is 3.20. The molecule has 2 aliphatic rings. The molecule has 1 aromatic rings. The summed E-state index contributed by atoms with van der Waals surface area (Å²) in [4.78, 5) is 26.9. The van der Waals surface area contributed by atoms with Gasteiger partial charge in [0.1, 0.15) is 11.8 Å². The van der Waals surface area contributed by atoms with Crippen molar-refractivity contribution in [3.63, 3.8) is 0 Å². The predicted molar refractivity (Wildman–Crippen MR) is 115 cm³/mol. The van der Waals surface area contributed by atoms with E-state index in [9.17, 15) is 18.4 Å². The minimum Gasteiger partial charge on any atom is -0.490 e. The molecule has 2 aliphatic heterocycles. The highest BCUT2D eigenvalue weighted by Crippen LogP contribution is 2.31. The fourth-order valence-corrected chi connectivity index (χ4v) is 3.75. The Bertz CT molecular complexity index is 833. The maximum atomic E-state index is 14.9. The first-order valence-corrected chi connectivity index (χ1v) is 10.6. The molecule has 0 saturated carbocycles. The van der Waals surface area contributed by atoms with Gasteiger partial charge in [-0.05, 0) is 18.6 Å². The third kappa shape index (κ3) is 5.40. The van der Waals surface area contributed by atoms with Crippen LogP contribution in [0.2, 0.25) is 0 Å². The highest BCUT2D eigenvalue weighted by molar-refractivity contribution is 7.80. The normalized spacial score (nSPS) is 19.3. The van der Waals surface area contributed by atoms with Crippen LogP contribution < -0.4 is 15.2 Å². The monoisotopic (exact) mass is 456 g/mol. The molecule has 8 nitrogen and oxygen atoms in total. The Kier molecular flexibility index (Phi) is 7.60. The van der Waals surface area contributed by atoms with Crippen LogP contribution in [0.15, 0.2) is 12.1 Å². The summed E-state index contributed by atoms with van der Waals surface area (Å²) in [5.41, 5.74) is 2.89. The van der Waals surface area contributed by atoms with Gasteiger partial charge in [-0.2, -0.15) is 0 Å². The van der Waals surface area contributed by atoms with Gasteiger partial charge in [0.25, 0.3) is 0 Å². The molecule has 3 rings (SSSR count). The molecule has 0 bridgehead atoms. The van der Waals surface area contributed by atoms with Gasteiger partial charge in [0.05, 0.1) is 25.9 Å². The number of carbonyl (C=O) groups excluding carboxylic acids is 2. The fourth-order valence-electron chi connectivity index (χ4n) is 3.63. The molecule has 0 spiro atoms. The van der Waals surface area contributed by atoms with Gasteiger partial charge in [-0.25, -0.2) is 19.0 Å². The molecule has 2 fully saturated rings. The van der Waals surface area contributed by atoms with Crippen molar-refractivity contribution in [1.29, 1.82) is 0 Å². The zero-order valence-electron chi connectivity index (χ0n) is 17.5. The highest BCUT2D eigenvalue weighted by atomic mass is 32.1. The summed E-state index contributed by atoms with van der Waals surface area (Å²) in [5.74, 6) is -1.63. The smallest absolute Gasteiger partial charge is 0.414 e. The number of hydrazine groups is 1. The summed E-state index contributed by atoms with van der Waals surface area (Å²) in [6.07, 6.45) is 0.151. The lowest BCUT2D eigenvalue weighted by Crippen LogP contribution is -2.43. The molecule has 31 heavy (non-hydrogen) atoms. The van der Waals surface area contributed by atoms with Gasteiger partial charge in [0.15, 0.2) is 16.7 Å². The predicted octanol–water partition coefficient (Wildman–Crippen LogP) is 2.61. The lowest BCUT2D eigenvalue weighted by Gasteiger charge is -2.25. The Hall–Kier alpha value is -2.53. The van der Waals surface area contributed by atoms with Gasteiger partial charge in [-0.1, -0.05) is 6.92 Å². The maximum Gasteiger partial charge on any atom is 0.414 e. The van der Waals surface area contributed by atoms with Crippen LogP contribution in [0.3, 0.4) is 0 Å². The number of rotatable bonds is 6. The third-order valence-corrected chi connectivity index (χ3v) is 5.65. The van der Waals surface area contributed by atoms with Crippen molar-refractivity contribution in [3.8, 4) is 0 Å². The average molecular weight is 457 g/mol. The minimum absolute atomic E-state index is 0.0773. The van der Waals surface area contributed by atoms with Crippen LogP contribution in [0.4, 0.5) is 25.0 Å². The number of ether oxygens (including phenoxy) is 2. The van der Waals surface area contributed by atoms with Crippen LogP contribution in [0.1, 0.15) is 26.2 Å². The number of benzene rings is 1. The SMILES string of the molecule is CCC(=O)N1CCN(c2c(F)cc(N3C[C@H](CCC(=S)OC)OC3=O)cc2F)CCN1. The van der Waals surface area contributed by atoms with E-state index in [1.807, 2.05) is 0 Å². The molecule has 2 amide bonds. The molecule has 1 aromatic carbocycles. The van der Waals surface area contributed by atoms with Crippen molar-refractivity contribution in [2.45, 2.75) is 32.3 Å². The molecule has 0 aromatic heterocycles. The number of nitrogens with one attached hydrogen (secondary N) is 1. The molecule has 11 heteroatoms. The van der Waals surface area contributed by atoms with Crippen molar-refractivity contribution >= 4 is 40.6 Å². The lowest BCUT2D eigenvalue weighted by atomic mass is 10.2. The Labute approximate surface area is 185 Å². The molecule has 1 atom stereocenters. The summed E-state index contributed by atoms with van der Waals surface area (Å²) in [5, 5.41) is 1.88. The number of halogens is 2. The van der Waals surface area contributed by atoms with E-state index in [1.54, 1.807) is 11.8 Å². The maximum absolute atomic E-state index is 14.9. The molecular formula is C20H26F2N4O4S. The number of carbonyl (C=O) groups is 2. The van der Waals surface area contributed by atoms with Gasteiger partial charge < -0.3 is 14.4 Å². The average Bonchev–Trinajstić information content (AvgIpc) is 2.95. The second kappa shape index (κ2) is 10.2. The quantitative estimate of drug-likeness (QED) is 0.660. The van der Waals surface area contributed by atoms with E-state index in [0.29, 0.717) is 43.9 Å². The van der Waals surface area contributed by atoms with Gasteiger partial charge in [-0.3, -0.25) is 14.7 Å².